The molecule has 0 aliphatic heterocycles. The van der Waals surface area contributed by atoms with Gasteiger partial charge in [-0.2, -0.15) is 0 Å². The molecular weight excluding hydrogens is 264 g/mol. The number of hydrogen-bond acceptors (Lipinski definition) is 4. The fraction of sp³-hybridized carbons (Fsp3) is 0.231. The first-order valence-corrected chi connectivity index (χ1v) is 6.83. The topological polar surface area (TPSA) is 67.7 Å². The number of carboxylic acids is 1. The van der Waals surface area contributed by atoms with Gasteiger partial charge in [-0.15, -0.1) is 11.3 Å². The Morgan fingerprint density at radius 1 is 1.53 bits per heavy atom. The lowest BCUT2D eigenvalue weighted by Gasteiger charge is -1.97. The van der Waals surface area contributed by atoms with Crippen LogP contribution in [0.1, 0.15) is 18.5 Å². The number of fused-ring (bicyclic) bond motifs is 1. The molecule has 0 aliphatic rings. The van der Waals surface area contributed by atoms with Crippen LogP contribution in [0.25, 0.3) is 16.4 Å². The first-order valence-electron chi connectivity index (χ1n) is 5.95. The van der Waals surface area contributed by atoms with Crippen LogP contribution in [0.4, 0.5) is 0 Å². The number of hydrogen-bond donors (Lipinski definition) is 1. The highest BCUT2D eigenvalue weighted by Crippen LogP contribution is 2.24. The Kier molecular flexibility index (Phi) is 3.08. The fourth-order valence-corrected chi connectivity index (χ4v) is 2.88. The van der Waals surface area contributed by atoms with E-state index in [9.17, 15) is 4.79 Å². The van der Waals surface area contributed by atoms with Crippen LogP contribution in [0.3, 0.4) is 0 Å². The molecule has 0 bridgehead atoms. The van der Waals surface area contributed by atoms with Gasteiger partial charge in [0.05, 0.1) is 6.26 Å². The van der Waals surface area contributed by atoms with Gasteiger partial charge in [-0.1, -0.05) is 0 Å². The molecule has 3 rings (SSSR count). The number of carboxylic acid groups (broad SMARTS) is 1. The summed E-state index contributed by atoms with van der Waals surface area (Å²) in [4.78, 5) is 15.9. The molecule has 0 spiro atoms. The number of rotatable bonds is 5. The van der Waals surface area contributed by atoms with Gasteiger partial charge in [-0.25, -0.2) is 4.98 Å². The third kappa shape index (κ3) is 2.39. The number of aromatic nitrogens is 2. The Labute approximate surface area is 113 Å². The molecule has 0 radical (unpaired) electrons. The molecule has 19 heavy (non-hydrogen) atoms. The number of carbonyl (C=O) groups is 1. The molecule has 5 nitrogen and oxygen atoms in total. The van der Waals surface area contributed by atoms with Gasteiger partial charge in [-0.3, -0.25) is 9.20 Å². The highest BCUT2D eigenvalue weighted by molar-refractivity contribution is 7.15. The zero-order valence-corrected chi connectivity index (χ0v) is 10.9. The standard InChI is InChI=1S/C13H12N2O3S/c16-12(17)5-1-3-9-8-19-13-14-10(7-15(9)13)11-4-2-6-18-11/h2,4,6-8H,1,3,5H2,(H,16,17). The molecule has 98 valence electrons. The first kappa shape index (κ1) is 12.0. The van der Waals surface area contributed by atoms with Crippen molar-refractivity contribution in [1.82, 2.24) is 9.38 Å². The van der Waals surface area contributed by atoms with E-state index >= 15 is 0 Å². The third-order valence-corrected chi connectivity index (χ3v) is 3.77. The summed E-state index contributed by atoms with van der Waals surface area (Å²) in [6.07, 6.45) is 5.12. The lowest BCUT2D eigenvalue weighted by atomic mass is 10.2. The van der Waals surface area contributed by atoms with Crippen molar-refractivity contribution < 1.29 is 14.3 Å². The highest BCUT2D eigenvalue weighted by atomic mass is 32.1. The highest BCUT2D eigenvalue weighted by Gasteiger charge is 2.11. The first-order chi connectivity index (χ1) is 9.24. The molecule has 6 heteroatoms. The van der Waals surface area contributed by atoms with Crippen LogP contribution in [0.15, 0.2) is 34.4 Å². The van der Waals surface area contributed by atoms with E-state index < -0.39 is 5.97 Å². The van der Waals surface area contributed by atoms with E-state index in [2.05, 4.69) is 4.98 Å². The van der Waals surface area contributed by atoms with Crippen LogP contribution in [-0.4, -0.2) is 20.5 Å². The SMILES string of the molecule is O=C(O)CCCc1csc2nc(-c3ccco3)cn12. The minimum atomic E-state index is -0.756. The summed E-state index contributed by atoms with van der Waals surface area (Å²) in [7, 11) is 0. The van der Waals surface area contributed by atoms with Crippen LogP contribution >= 0.6 is 11.3 Å². The average molecular weight is 276 g/mol. The van der Waals surface area contributed by atoms with Crippen LogP contribution < -0.4 is 0 Å². The van der Waals surface area contributed by atoms with E-state index in [1.54, 1.807) is 17.6 Å². The minimum absolute atomic E-state index is 0.192. The molecular formula is C13H12N2O3S. The van der Waals surface area contributed by atoms with E-state index in [0.717, 1.165) is 28.5 Å². The monoisotopic (exact) mass is 276 g/mol. The van der Waals surface area contributed by atoms with Gasteiger partial charge in [0.1, 0.15) is 5.69 Å². The van der Waals surface area contributed by atoms with E-state index in [1.807, 2.05) is 28.1 Å². The lowest BCUT2D eigenvalue weighted by Crippen LogP contribution is -1.97. The maximum Gasteiger partial charge on any atom is 0.303 e. The smallest absolute Gasteiger partial charge is 0.303 e. The van der Waals surface area contributed by atoms with Gasteiger partial charge in [0.15, 0.2) is 10.7 Å². The van der Waals surface area contributed by atoms with Gasteiger partial charge in [-0.05, 0) is 25.0 Å². The minimum Gasteiger partial charge on any atom is -0.481 e. The summed E-state index contributed by atoms with van der Waals surface area (Å²) in [5, 5.41) is 10.7. The predicted octanol–water partition coefficient (Wildman–Crippen LogP) is 3.06. The average Bonchev–Trinajstić information content (AvgIpc) is 3.03. The largest absolute Gasteiger partial charge is 0.481 e. The predicted molar refractivity (Wildman–Crippen MR) is 71.3 cm³/mol. The van der Waals surface area contributed by atoms with E-state index in [4.69, 9.17) is 9.52 Å². The number of furan rings is 1. The number of nitrogens with zero attached hydrogens (tertiary/aromatic N) is 2. The Hall–Kier alpha value is -2.08. The van der Waals surface area contributed by atoms with Gasteiger partial charge < -0.3 is 9.52 Å². The zero-order valence-electron chi connectivity index (χ0n) is 10.1. The van der Waals surface area contributed by atoms with Crippen LogP contribution in [0.5, 0.6) is 0 Å². The molecule has 1 N–H and O–H groups in total. The molecule has 0 saturated heterocycles. The normalized spacial score (nSPS) is 11.2. The summed E-state index contributed by atoms with van der Waals surface area (Å²) in [5.74, 6) is -0.0132. The van der Waals surface area contributed by atoms with Crippen molar-refractivity contribution in [1.29, 1.82) is 0 Å². The zero-order chi connectivity index (χ0) is 13.2. The van der Waals surface area contributed by atoms with Gasteiger partial charge in [0.25, 0.3) is 0 Å². The Morgan fingerprint density at radius 3 is 3.16 bits per heavy atom. The molecule has 0 unspecified atom stereocenters. The van der Waals surface area contributed by atoms with Crippen molar-refractivity contribution in [2.24, 2.45) is 0 Å². The van der Waals surface area contributed by atoms with Gasteiger partial charge >= 0.3 is 5.97 Å². The van der Waals surface area contributed by atoms with Gasteiger partial charge in [0, 0.05) is 23.7 Å². The molecule has 3 heterocycles. The van der Waals surface area contributed by atoms with Crippen molar-refractivity contribution >= 4 is 22.3 Å². The second-order valence-corrected chi connectivity index (χ2v) is 5.07. The number of aryl methyl sites for hydroxylation is 1. The molecule has 0 saturated carbocycles. The van der Waals surface area contributed by atoms with Crippen LogP contribution in [-0.2, 0) is 11.2 Å². The summed E-state index contributed by atoms with van der Waals surface area (Å²) < 4.78 is 7.33. The van der Waals surface area contributed by atoms with Crippen molar-refractivity contribution in [3.63, 3.8) is 0 Å². The second-order valence-electron chi connectivity index (χ2n) is 4.23. The molecule has 0 amide bonds. The quantitative estimate of drug-likeness (QED) is 0.777. The van der Waals surface area contributed by atoms with Crippen LogP contribution in [0, 0.1) is 0 Å². The summed E-state index contributed by atoms with van der Waals surface area (Å²) in [5.41, 5.74) is 1.89. The van der Waals surface area contributed by atoms with Crippen molar-refractivity contribution in [3.05, 3.63) is 35.7 Å². The summed E-state index contributed by atoms with van der Waals surface area (Å²) >= 11 is 1.55. The molecule has 3 aromatic heterocycles. The number of aliphatic carboxylic acids is 1. The maximum atomic E-state index is 10.5. The number of thiazole rings is 1. The Balaban J connectivity index is 1.84. The number of imidazole rings is 1. The summed E-state index contributed by atoms with van der Waals surface area (Å²) in [6.45, 7) is 0. The maximum absolute atomic E-state index is 10.5. The van der Waals surface area contributed by atoms with E-state index in [1.165, 1.54) is 0 Å². The van der Waals surface area contributed by atoms with Crippen molar-refractivity contribution in [2.75, 3.05) is 0 Å². The Bertz CT molecular complexity index is 697. The van der Waals surface area contributed by atoms with Crippen LogP contribution in [0.2, 0.25) is 0 Å². The molecule has 3 aromatic rings. The van der Waals surface area contributed by atoms with Crippen molar-refractivity contribution in [3.8, 4) is 11.5 Å². The molecule has 0 atom stereocenters. The van der Waals surface area contributed by atoms with Crippen molar-refractivity contribution in [2.45, 2.75) is 19.3 Å². The third-order valence-electron chi connectivity index (χ3n) is 2.88. The lowest BCUT2D eigenvalue weighted by molar-refractivity contribution is -0.137. The summed E-state index contributed by atoms with van der Waals surface area (Å²) in [6, 6.07) is 3.70. The molecule has 0 fully saturated rings. The van der Waals surface area contributed by atoms with E-state index in [-0.39, 0.29) is 6.42 Å². The molecule has 0 aromatic carbocycles. The molecule has 0 aliphatic carbocycles. The second kappa shape index (κ2) is 4.89. The fourth-order valence-electron chi connectivity index (χ4n) is 1.97. The van der Waals surface area contributed by atoms with E-state index in [0.29, 0.717) is 6.42 Å². The van der Waals surface area contributed by atoms with Gasteiger partial charge in [0.2, 0.25) is 0 Å². The Morgan fingerprint density at radius 2 is 2.42 bits per heavy atom.